The van der Waals surface area contributed by atoms with Crippen LogP contribution in [0.5, 0.6) is 5.75 Å². The molecule has 0 aromatic heterocycles. The van der Waals surface area contributed by atoms with Crippen LogP contribution in [-0.2, 0) is 11.2 Å². The van der Waals surface area contributed by atoms with Crippen LogP contribution in [-0.4, -0.2) is 56.5 Å². The van der Waals surface area contributed by atoms with Gasteiger partial charge in [-0.3, -0.25) is 4.79 Å². The van der Waals surface area contributed by atoms with E-state index >= 15 is 0 Å². The van der Waals surface area contributed by atoms with Gasteiger partial charge in [-0.2, -0.15) is 0 Å². The molecule has 0 saturated carbocycles. The van der Waals surface area contributed by atoms with E-state index in [2.05, 4.69) is 11.8 Å². The van der Waals surface area contributed by atoms with Gasteiger partial charge >= 0.3 is 0 Å². The van der Waals surface area contributed by atoms with Gasteiger partial charge < -0.3 is 14.5 Å². The second-order valence-corrected chi connectivity index (χ2v) is 4.87. The number of nitrogens with zero attached hydrogens (tertiary/aromatic N) is 2. The standard InChI is InChI=1S/C15H24N2O2/c1-5-13-8-6-7-9-14(13)19-12-15(18)17(4)11-10-16(2)3/h6-9H,5,10-12H2,1-4H3. The van der Waals surface area contributed by atoms with Crippen LogP contribution in [0.4, 0.5) is 0 Å². The Morgan fingerprint density at radius 1 is 1.16 bits per heavy atom. The molecule has 0 aliphatic heterocycles. The van der Waals surface area contributed by atoms with E-state index in [1.54, 1.807) is 11.9 Å². The number of aryl methyl sites for hydroxylation is 1. The first-order chi connectivity index (χ1) is 9.04. The number of amides is 1. The monoisotopic (exact) mass is 264 g/mol. The fourth-order valence-electron chi connectivity index (χ4n) is 1.66. The number of para-hydroxylation sites is 1. The molecule has 19 heavy (non-hydrogen) atoms. The summed E-state index contributed by atoms with van der Waals surface area (Å²) >= 11 is 0. The minimum Gasteiger partial charge on any atom is -0.483 e. The Hall–Kier alpha value is -1.55. The van der Waals surface area contributed by atoms with E-state index in [1.807, 2.05) is 38.4 Å². The molecule has 0 spiro atoms. The van der Waals surface area contributed by atoms with Gasteiger partial charge in [0.2, 0.25) is 0 Å². The molecule has 0 atom stereocenters. The van der Waals surface area contributed by atoms with Gasteiger partial charge in [0.1, 0.15) is 5.75 Å². The van der Waals surface area contributed by atoms with E-state index in [0.29, 0.717) is 6.54 Å². The normalized spacial score (nSPS) is 10.6. The van der Waals surface area contributed by atoms with Crippen LogP contribution in [0.2, 0.25) is 0 Å². The van der Waals surface area contributed by atoms with Crippen molar-refractivity contribution in [3.05, 3.63) is 29.8 Å². The van der Waals surface area contributed by atoms with E-state index in [1.165, 1.54) is 0 Å². The predicted molar refractivity (Wildman–Crippen MR) is 77.5 cm³/mol. The van der Waals surface area contributed by atoms with Gasteiger partial charge in [-0.1, -0.05) is 25.1 Å². The average Bonchev–Trinajstić information content (AvgIpc) is 2.42. The van der Waals surface area contributed by atoms with Gasteiger partial charge in [0.25, 0.3) is 5.91 Å². The third-order valence-electron chi connectivity index (χ3n) is 3.01. The molecule has 0 bridgehead atoms. The van der Waals surface area contributed by atoms with Gasteiger partial charge in [-0.15, -0.1) is 0 Å². The summed E-state index contributed by atoms with van der Waals surface area (Å²) < 4.78 is 5.61. The van der Waals surface area contributed by atoms with Crippen molar-refractivity contribution in [2.24, 2.45) is 0 Å². The molecule has 0 N–H and O–H groups in total. The van der Waals surface area contributed by atoms with Crippen molar-refractivity contribution in [1.29, 1.82) is 0 Å². The van der Waals surface area contributed by atoms with Crippen LogP contribution >= 0.6 is 0 Å². The van der Waals surface area contributed by atoms with Crippen LogP contribution in [0.1, 0.15) is 12.5 Å². The van der Waals surface area contributed by atoms with Crippen molar-refractivity contribution >= 4 is 5.91 Å². The largest absolute Gasteiger partial charge is 0.483 e. The van der Waals surface area contributed by atoms with E-state index in [9.17, 15) is 4.79 Å². The minimum absolute atomic E-state index is 0.00718. The molecule has 0 radical (unpaired) electrons. The number of carbonyl (C=O) groups is 1. The lowest BCUT2D eigenvalue weighted by molar-refractivity contribution is -0.132. The predicted octanol–water partition coefficient (Wildman–Crippen LogP) is 1.65. The molecule has 0 aliphatic rings. The molecule has 4 nitrogen and oxygen atoms in total. The topological polar surface area (TPSA) is 32.8 Å². The van der Waals surface area contributed by atoms with Gasteiger partial charge in [0, 0.05) is 20.1 Å². The van der Waals surface area contributed by atoms with E-state index < -0.39 is 0 Å². The summed E-state index contributed by atoms with van der Waals surface area (Å²) in [5, 5.41) is 0. The minimum atomic E-state index is 0.00718. The maximum absolute atomic E-state index is 11.9. The van der Waals surface area contributed by atoms with Crippen molar-refractivity contribution in [2.45, 2.75) is 13.3 Å². The van der Waals surface area contributed by atoms with Crippen LogP contribution in [0.25, 0.3) is 0 Å². The molecule has 1 amide bonds. The molecule has 0 aliphatic carbocycles. The van der Waals surface area contributed by atoms with Crippen molar-refractivity contribution < 1.29 is 9.53 Å². The van der Waals surface area contributed by atoms with Crippen molar-refractivity contribution in [1.82, 2.24) is 9.80 Å². The van der Waals surface area contributed by atoms with Gasteiger partial charge in [-0.25, -0.2) is 0 Å². The maximum atomic E-state index is 11.9. The van der Waals surface area contributed by atoms with E-state index in [0.717, 1.165) is 24.3 Å². The molecule has 0 heterocycles. The number of hydrogen-bond donors (Lipinski definition) is 0. The first-order valence-electron chi connectivity index (χ1n) is 6.64. The lowest BCUT2D eigenvalue weighted by Crippen LogP contribution is -2.36. The smallest absolute Gasteiger partial charge is 0.260 e. The van der Waals surface area contributed by atoms with Crippen LogP contribution in [0.3, 0.4) is 0 Å². The number of carbonyl (C=O) groups excluding carboxylic acids is 1. The maximum Gasteiger partial charge on any atom is 0.260 e. The second kappa shape index (κ2) is 7.79. The highest BCUT2D eigenvalue weighted by Crippen LogP contribution is 2.18. The number of hydrogen-bond acceptors (Lipinski definition) is 3. The summed E-state index contributed by atoms with van der Waals surface area (Å²) in [7, 11) is 5.79. The lowest BCUT2D eigenvalue weighted by atomic mass is 10.1. The van der Waals surface area contributed by atoms with Crippen LogP contribution < -0.4 is 4.74 Å². The molecule has 0 fully saturated rings. The third-order valence-corrected chi connectivity index (χ3v) is 3.01. The molecule has 1 aromatic carbocycles. The molecule has 0 unspecified atom stereocenters. The molecular weight excluding hydrogens is 240 g/mol. The summed E-state index contributed by atoms with van der Waals surface area (Å²) in [6.07, 6.45) is 0.904. The Kier molecular flexibility index (Phi) is 6.36. The Balaban J connectivity index is 2.45. The van der Waals surface area contributed by atoms with E-state index in [4.69, 9.17) is 4.74 Å². The Labute approximate surface area is 116 Å². The van der Waals surface area contributed by atoms with Gasteiger partial charge in [-0.05, 0) is 32.1 Å². The fourth-order valence-corrected chi connectivity index (χ4v) is 1.66. The first kappa shape index (κ1) is 15.5. The van der Waals surface area contributed by atoms with Crippen LogP contribution in [0, 0.1) is 0 Å². The molecular formula is C15H24N2O2. The van der Waals surface area contributed by atoms with Crippen molar-refractivity contribution in [3.8, 4) is 5.75 Å². The molecule has 4 heteroatoms. The summed E-state index contributed by atoms with van der Waals surface area (Å²) in [6.45, 7) is 3.74. The molecule has 1 aromatic rings. The highest BCUT2D eigenvalue weighted by molar-refractivity contribution is 5.77. The van der Waals surface area contributed by atoms with E-state index in [-0.39, 0.29) is 12.5 Å². The highest BCUT2D eigenvalue weighted by Gasteiger charge is 2.10. The quantitative estimate of drug-likeness (QED) is 0.750. The SMILES string of the molecule is CCc1ccccc1OCC(=O)N(C)CCN(C)C. The number of benzene rings is 1. The number of ether oxygens (including phenoxy) is 1. The zero-order valence-electron chi connectivity index (χ0n) is 12.3. The lowest BCUT2D eigenvalue weighted by Gasteiger charge is -2.20. The fraction of sp³-hybridized carbons (Fsp3) is 0.533. The molecule has 106 valence electrons. The zero-order valence-corrected chi connectivity index (χ0v) is 12.3. The Bertz CT molecular complexity index is 405. The molecule has 1 rings (SSSR count). The Morgan fingerprint density at radius 2 is 1.84 bits per heavy atom. The zero-order chi connectivity index (χ0) is 14.3. The Morgan fingerprint density at radius 3 is 2.47 bits per heavy atom. The van der Waals surface area contributed by atoms with Gasteiger partial charge in [0.05, 0.1) is 0 Å². The first-order valence-corrected chi connectivity index (χ1v) is 6.64. The number of likely N-dealkylation sites (N-methyl/N-ethyl adjacent to an activating group) is 2. The summed E-state index contributed by atoms with van der Waals surface area (Å²) in [4.78, 5) is 15.7. The van der Waals surface area contributed by atoms with Gasteiger partial charge in [0.15, 0.2) is 6.61 Å². The van der Waals surface area contributed by atoms with Crippen molar-refractivity contribution in [2.75, 3.05) is 40.8 Å². The second-order valence-electron chi connectivity index (χ2n) is 4.87. The summed E-state index contributed by atoms with van der Waals surface area (Å²) in [5.41, 5.74) is 1.13. The molecule has 0 saturated heterocycles. The van der Waals surface area contributed by atoms with Crippen molar-refractivity contribution in [3.63, 3.8) is 0 Å². The number of rotatable bonds is 7. The third kappa shape index (κ3) is 5.30. The highest BCUT2D eigenvalue weighted by atomic mass is 16.5. The average molecular weight is 264 g/mol. The summed E-state index contributed by atoms with van der Waals surface area (Å²) in [5.74, 6) is 0.812. The van der Waals surface area contributed by atoms with Crippen LogP contribution in [0.15, 0.2) is 24.3 Å². The summed E-state index contributed by atoms with van der Waals surface area (Å²) in [6, 6.07) is 7.84.